The molecular weight excluding hydrogens is 256 g/mol. The van der Waals surface area contributed by atoms with Crippen molar-refractivity contribution in [3.05, 3.63) is 29.3 Å². The molecule has 0 aromatic heterocycles. The van der Waals surface area contributed by atoms with Crippen molar-refractivity contribution >= 4 is 11.8 Å². The number of benzene rings is 1. The highest BCUT2D eigenvalue weighted by molar-refractivity contribution is 7.99. The smallest absolute Gasteiger partial charge is 0.136 e. The van der Waals surface area contributed by atoms with E-state index in [9.17, 15) is 0 Å². The topological polar surface area (TPSA) is 45.0 Å². The Kier molecular flexibility index (Phi) is 5.12. The zero-order valence-electron chi connectivity index (χ0n) is 11.5. The lowest BCUT2D eigenvalue weighted by atomic mass is 10.1. The molecule has 3 nitrogen and oxygen atoms in total. The van der Waals surface area contributed by atoms with E-state index in [-0.39, 0.29) is 0 Å². The fourth-order valence-corrected chi connectivity index (χ4v) is 3.34. The van der Waals surface area contributed by atoms with Crippen LogP contribution in [0.1, 0.15) is 30.4 Å². The van der Waals surface area contributed by atoms with Gasteiger partial charge in [0.2, 0.25) is 0 Å². The fraction of sp³-hybridized carbons (Fsp3) is 0.533. The minimum Gasteiger partial charge on any atom is -0.495 e. The molecule has 2 rings (SSSR count). The molecule has 0 saturated heterocycles. The number of thioether (sulfide) groups is 1. The summed E-state index contributed by atoms with van der Waals surface area (Å²) < 4.78 is 5.23. The normalized spacial score (nSPS) is 22.2. The van der Waals surface area contributed by atoms with E-state index < -0.39 is 0 Å². The Hall–Kier alpha value is -1.18. The van der Waals surface area contributed by atoms with Crippen LogP contribution >= 0.6 is 11.8 Å². The van der Waals surface area contributed by atoms with Gasteiger partial charge in [0.15, 0.2) is 0 Å². The zero-order valence-corrected chi connectivity index (χ0v) is 12.3. The largest absolute Gasteiger partial charge is 0.495 e. The van der Waals surface area contributed by atoms with Crippen LogP contribution in [0.2, 0.25) is 0 Å². The standard InChI is InChI=1S/C15H20N2OS/c1-18-15-7-11(3-4-12(15)9-16)10-17-13-5-6-14(8-13)19-2/h3-4,7,13-14,17H,5-6,8,10H2,1-2H3. The number of hydrogen-bond acceptors (Lipinski definition) is 4. The number of hydrogen-bond donors (Lipinski definition) is 1. The summed E-state index contributed by atoms with van der Waals surface area (Å²) in [5, 5.41) is 13.4. The maximum Gasteiger partial charge on any atom is 0.136 e. The van der Waals surface area contributed by atoms with Crippen molar-refractivity contribution in [2.24, 2.45) is 0 Å². The van der Waals surface area contributed by atoms with Crippen LogP contribution < -0.4 is 10.1 Å². The summed E-state index contributed by atoms with van der Waals surface area (Å²) in [5.74, 6) is 0.662. The highest BCUT2D eigenvalue weighted by Crippen LogP contribution is 2.28. The molecule has 1 fully saturated rings. The molecule has 0 amide bonds. The summed E-state index contributed by atoms with van der Waals surface area (Å²) in [6.07, 6.45) is 6.03. The van der Waals surface area contributed by atoms with E-state index in [1.165, 1.54) is 24.8 Å². The molecule has 1 aromatic carbocycles. The minimum absolute atomic E-state index is 0.592. The third kappa shape index (κ3) is 3.65. The first-order chi connectivity index (χ1) is 9.26. The van der Waals surface area contributed by atoms with Crippen LogP contribution in [-0.4, -0.2) is 24.7 Å². The molecule has 0 heterocycles. The molecular formula is C15H20N2OS. The Bertz CT molecular complexity index is 470. The maximum absolute atomic E-state index is 8.95. The van der Waals surface area contributed by atoms with Crippen LogP contribution in [0.25, 0.3) is 0 Å². The van der Waals surface area contributed by atoms with Crippen LogP contribution in [0.15, 0.2) is 18.2 Å². The van der Waals surface area contributed by atoms with Gasteiger partial charge in [0.1, 0.15) is 11.8 Å². The van der Waals surface area contributed by atoms with Crippen molar-refractivity contribution in [1.82, 2.24) is 5.32 Å². The van der Waals surface area contributed by atoms with Crippen molar-refractivity contribution in [2.75, 3.05) is 13.4 Å². The first-order valence-electron chi connectivity index (χ1n) is 6.60. The van der Waals surface area contributed by atoms with Crippen LogP contribution in [0, 0.1) is 11.3 Å². The van der Waals surface area contributed by atoms with Crippen molar-refractivity contribution in [2.45, 2.75) is 37.1 Å². The van der Waals surface area contributed by atoms with Gasteiger partial charge in [-0.15, -0.1) is 0 Å². The number of ether oxygens (including phenoxy) is 1. The van der Waals surface area contributed by atoms with Crippen molar-refractivity contribution < 1.29 is 4.74 Å². The van der Waals surface area contributed by atoms with Gasteiger partial charge in [-0.2, -0.15) is 17.0 Å². The number of nitrogens with zero attached hydrogens (tertiary/aromatic N) is 1. The second-order valence-corrected chi connectivity index (χ2v) is 6.03. The highest BCUT2D eigenvalue weighted by atomic mass is 32.2. The first-order valence-corrected chi connectivity index (χ1v) is 7.88. The second kappa shape index (κ2) is 6.83. The highest BCUT2D eigenvalue weighted by Gasteiger charge is 2.23. The Morgan fingerprint density at radius 2 is 2.32 bits per heavy atom. The molecule has 1 aliphatic rings. The van der Waals surface area contributed by atoms with Gasteiger partial charge in [-0.05, 0) is 43.2 Å². The Labute approximate surface area is 119 Å². The Balaban J connectivity index is 1.92. The molecule has 2 unspecified atom stereocenters. The van der Waals surface area contributed by atoms with Gasteiger partial charge in [0.05, 0.1) is 12.7 Å². The van der Waals surface area contributed by atoms with Gasteiger partial charge in [-0.3, -0.25) is 0 Å². The van der Waals surface area contributed by atoms with Gasteiger partial charge >= 0.3 is 0 Å². The molecule has 102 valence electrons. The molecule has 1 saturated carbocycles. The summed E-state index contributed by atoms with van der Waals surface area (Å²) >= 11 is 1.97. The van der Waals surface area contributed by atoms with Crippen LogP contribution in [0.4, 0.5) is 0 Å². The molecule has 2 atom stereocenters. The third-order valence-electron chi connectivity index (χ3n) is 3.70. The van der Waals surface area contributed by atoms with E-state index in [1.807, 2.05) is 30.0 Å². The zero-order chi connectivity index (χ0) is 13.7. The molecule has 0 spiro atoms. The van der Waals surface area contributed by atoms with Crippen LogP contribution in [0.5, 0.6) is 5.75 Å². The number of methoxy groups -OCH3 is 1. The number of nitriles is 1. The van der Waals surface area contributed by atoms with Gasteiger partial charge in [0.25, 0.3) is 0 Å². The third-order valence-corrected chi connectivity index (χ3v) is 4.79. The molecule has 0 aliphatic heterocycles. The summed E-state index contributed by atoms with van der Waals surface area (Å²) in [6, 6.07) is 8.53. The number of nitrogens with one attached hydrogen (secondary N) is 1. The summed E-state index contributed by atoms with van der Waals surface area (Å²) in [5.41, 5.74) is 1.76. The van der Waals surface area contributed by atoms with Crippen molar-refractivity contribution in [1.29, 1.82) is 5.26 Å². The number of rotatable bonds is 5. The van der Waals surface area contributed by atoms with E-state index in [2.05, 4.69) is 17.6 Å². The second-order valence-electron chi connectivity index (χ2n) is 4.90. The predicted molar refractivity (Wildman–Crippen MR) is 79.5 cm³/mol. The minimum atomic E-state index is 0.592. The van der Waals surface area contributed by atoms with E-state index >= 15 is 0 Å². The molecule has 1 aromatic rings. The molecule has 0 radical (unpaired) electrons. The van der Waals surface area contributed by atoms with Gasteiger partial charge in [0, 0.05) is 17.8 Å². The van der Waals surface area contributed by atoms with Crippen molar-refractivity contribution in [3.63, 3.8) is 0 Å². The maximum atomic E-state index is 8.95. The Morgan fingerprint density at radius 3 is 2.95 bits per heavy atom. The molecule has 1 aliphatic carbocycles. The lowest BCUT2D eigenvalue weighted by Gasteiger charge is -2.13. The summed E-state index contributed by atoms with van der Waals surface area (Å²) in [6.45, 7) is 0.841. The monoisotopic (exact) mass is 276 g/mol. The predicted octanol–water partition coefficient (Wildman–Crippen LogP) is 2.94. The first kappa shape index (κ1) is 14.2. The quantitative estimate of drug-likeness (QED) is 0.898. The Morgan fingerprint density at radius 1 is 1.47 bits per heavy atom. The molecule has 19 heavy (non-hydrogen) atoms. The van der Waals surface area contributed by atoms with Gasteiger partial charge in [-0.25, -0.2) is 0 Å². The average molecular weight is 276 g/mol. The fourth-order valence-electron chi connectivity index (χ4n) is 2.54. The molecule has 1 N–H and O–H groups in total. The SMILES string of the molecule is COc1cc(CNC2CCC(SC)C2)ccc1C#N. The molecule has 4 heteroatoms. The van der Waals surface area contributed by atoms with E-state index in [0.29, 0.717) is 17.4 Å². The van der Waals surface area contributed by atoms with Crippen molar-refractivity contribution in [3.8, 4) is 11.8 Å². The summed E-state index contributed by atoms with van der Waals surface area (Å²) in [7, 11) is 1.60. The van der Waals surface area contributed by atoms with Crippen LogP contribution in [-0.2, 0) is 6.54 Å². The average Bonchev–Trinajstić information content (AvgIpc) is 2.92. The van der Waals surface area contributed by atoms with Gasteiger partial charge in [-0.1, -0.05) is 6.07 Å². The van der Waals surface area contributed by atoms with Gasteiger partial charge < -0.3 is 10.1 Å². The summed E-state index contributed by atoms with van der Waals surface area (Å²) in [4.78, 5) is 0. The van der Waals surface area contributed by atoms with E-state index in [1.54, 1.807) is 7.11 Å². The lowest BCUT2D eigenvalue weighted by molar-refractivity contribution is 0.412. The van der Waals surface area contributed by atoms with Crippen LogP contribution in [0.3, 0.4) is 0 Å². The molecule has 0 bridgehead atoms. The van der Waals surface area contributed by atoms with E-state index in [4.69, 9.17) is 10.00 Å². The lowest BCUT2D eigenvalue weighted by Crippen LogP contribution is -2.26. The van der Waals surface area contributed by atoms with E-state index in [0.717, 1.165) is 11.8 Å².